The van der Waals surface area contributed by atoms with Gasteiger partial charge in [0.25, 0.3) is 0 Å². The van der Waals surface area contributed by atoms with Crippen LogP contribution in [0, 0.1) is 11.8 Å². The molecular weight excluding hydrogens is 349 g/mol. The summed E-state index contributed by atoms with van der Waals surface area (Å²) >= 11 is 0. The zero-order valence-corrected chi connectivity index (χ0v) is 17.4. The summed E-state index contributed by atoms with van der Waals surface area (Å²) < 4.78 is 8.27. The molecule has 1 aliphatic heterocycles. The average molecular weight is 381 g/mol. The summed E-state index contributed by atoms with van der Waals surface area (Å²) in [5.74, 6) is 1.74. The molecule has 0 amide bonds. The predicted octanol–water partition coefficient (Wildman–Crippen LogP) is 2.71. The minimum atomic E-state index is -1.69. The molecule has 3 unspecified atom stereocenters. The fraction of sp³-hybridized carbons (Fsp3) is 0.722. The van der Waals surface area contributed by atoms with Gasteiger partial charge in [0, 0.05) is 0 Å². The van der Waals surface area contributed by atoms with Gasteiger partial charge in [0.2, 0.25) is 0 Å². The summed E-state index contributed by atoms with van der Waals surface area (Å²) in [4.78, 5) is 12.6. The van der Waals surface area contributed by atoms with E-state index in [1.807, 2.05) is 0 Å². The number of nitrogens with two attached hydrogens (primary N) is 1. The molecule has 3 rings (SSSR count). The second-order valence-electron chi connectivity index (χ2n) is 8.75. The van der Waals surface area contributed by atoms with Gasteiger partial charge in [-0.15, -0.1) is 0 Å². The maximum absolute atomic E-state index is 10.8. The maximum atomic E-state index is 10.8. The molecule has 3 atom stereocenters. The number of fused-ring (bicyclic) bond motifs is 1. The molecule has 146 valence electrons. The van der Waals surface area contributed by atoms with Gasteiger partial charge in [-0.3, -0.25) is 0 Å². The number of nitrogens with zero attached hydrogens (tertiary/aromatic N) is 4. The molecule has 3 heterocycles. The molecule has 3 N–H and O–H groups in total. The van der Waals surface area contributed by atoms with Crippen molar-refractivity contribution in [2.75, 3.05) is 24.7 Å². The van der Waals surface area contributed by atoms with Crippen LogP contribution in [0.3, 0.4) is 0 Å². The van der Waals surface area contributed by atoms with Crippen molar-refractivity contribution in [3.63, 3.8) is 0 Å². The zero-order chi connectivity index (χ0) is 19.1. The van der Waals surface area contributed by atoms with Crippen LogP contribution in [0.15, 0.2) is 12.7 Å². The minimum absolute atomic E-state index is 0.129. The topological polar surface area (TPSA) is 99.1 Å². The van der Waals surface area contributed by atoms with Crippen LogP contribution >= 0.6 is 7.26 Å². The number of aliphatic hydroxyl groups excluding tert-OH is 1. The molecule has 0 spiro atoms. The van der Waals surface area contributed by atoms with Crippen molar-refractivity contribution in [1.29, 1.82) is 0 Å². The second-order valence-corrected chi connectivity index (χ2v) is 13.5. The number of rotatable bonds is 6. The van der Waals surface area contributed by atoms with Crippen molar-refractivity contribution in [2.24, 2.45) is 11.8 Å². The molecule has 0 radical (unpaired) electrons. The van der Waals surface area contributed by atoms with Crippen LogP contribution in [0.2, 0.25) is 0 Å². The summed E-state index contributed by atoms with van der Waals surface area (Å²) in [5, 5.41) is 10.8. The Morgan fingerprint density at radius 2 is 1.88 bits per heavy atom. The van der Waals surface area contributed by atoms with Gasteiger partial charge in [0.15, 0.2) is 0 Å². The molecule has 1 aliphatic rings. The SMILES string of the molecule is CC(C)C[PH](C)(CC(C)C)C1CC(O)C(n2cnc3c(N)ncnc32)O1. The number of hydrogen-bond acceptors (Lipinski definition) is 6. The van der Waals surface area contributed by atoms with Gasteiger partial charge in [-0.05, 0) is 0 Å². The van der Waals surface area contributed by atoms with Crippen molar-refractivity contribution < 1.29 is 9.84 Å². The molecule has 0 aliphatic carbocycles. The van der Waals surface area contributed by atoms with Gasteiger partial charge in [-0.1, -0.05) is 0 Å². The number of aromatic nitrogens is 4. The molecule has 7 nitrogen and oxygen atoms in total. The average Bonchev–Trinajstić information content (AvgIpc) is 3.10. The third kappa shape index (κ3) is 3.71. The van der Waals surface area contributed by atoms with Crippen LogP contribution in [0.1, 0.15) is 40.3 Å². The number of hydrogen-bond donors (Lipinski definition) is 2. The fourth-order valence-electron chi connectivity index (χ4n) is 4.62. The van der Waals surface area contributed by atoms with Crippen molar-refractivity contribution >= 4 is 24.2 Å². The molecule has 2 aromatic rings. The molecule has 0 saturated carbocycles. The number of aliphatic hydroxyl groups is 1. The summed E-state index contributed by atoms with van der Waals surface area (Å²) in [7, 11) is -1.69. The van der Waals surface area contributed by atoms with E-state index in [9.17, 15) is 5.11 Å². The Bertz CT molecular complexity index is 753. The van der Waals surface area contributed by atoms with Crippen molar-refractivity contribution in [1.82, 2.24) is 19.5 Å². The van der Waals surface area contributed by atoms with E-state index in [1.54, 1.807) is 10.9 Å². The first-order chi connectivity index (χ1) is 12.2. The van der Waals surface area contributed by atoms with E-state index in [1.165, 1.54) is 18.7 Å². The molecule has 1 saturated heterocycles. The van der Waals surface area contributed by atoms with E-state index in [0.717, 1.165) is 0 Å². The van der Waals surface area contributed by atoms with Gasteiger partial charge in [-0.25, -0.2) is 0 Å². The fourth-order valence-corrected chi connectivity index (χ4v) is 10.3. The number of imidazole rings is 1. The first-order valence-corrected chi connectivity index (χ1v) is 12.5. The number of nitrogen functional groups attached to an aromatic ring is 1. The molecule has 2 aromatic heterocycles. The van der Waals surface area contributed by atoms with Crippen molar-refractivity contribution in [3.05, 3.63) is 12.7 Å². The summed E-state index contributed by atoms with van der Waals surface area (Å²) in [6.45, 7) is 11.5. The Balaban J connectivity index is 1.89. The van der Waals surface area contributed by atoms with E-state index in [-0.39, 0.29) is 5.85 Å². The van der Waals surface area contributed by atoms with Crippen LogP contribution in [0.25, 0.3) is 11.2 Å². The predicted molar refractivity (Wildman–Crippen MR) is 108 cm³/mol. The normalized spacial score (nSPS) is 24.8. The molecular formula is C18H32N5O2P. The summed E-state index contributed by atoms with van der Waals surface area (Å²) in [6.07, 6.45) is 5.11. The van der Waals surface area contributed by atoms with E-state index in [4.69, 9.17) is 10.5 Å². The van der Waals surface area contributed by atoms with Gasteiger partial charge in [-0.2, -0.15) is 0 Å². The third-order valence-corrected chi connectivity index (χ3v) is 10.7. The Morgan fingerprint density at radius 3 is 2.50 bits per heavy atom. The van der Waals surface area contributed by atoms with Gasteiger partial charge in [0.1, 0.15) is 0 Å². The van der Waals surface area contributed by atoms with E-state index >= 15 is 0 Å². The molecule has 1 fully saturated rings. The van der Waals surface area contributed by atoms with E-state index in [2.05, 4.69) is 49.3 Å². The Kier molecular flexibility index (Phi) is 5.52. The van der Waals surface area contributed by atoms with Gasteiger partial charge < -0.3 is 0 Å². The van der Waals surface area contributed by atoms with Gasteiger partial charge >= 0.3 is 155 Å². The molecule has 0 aromatic carbocycles. The summed E-state index contributed by atoms with van der Waals surface area (Å²) in [6, 6.07) is 0. The standard InChI is InChI=1S/C18H32N5O2P/c1-11(2)7-26(5,8-12(3)4)14-6-13(24)18(25-14)23-10-22-15-16(19)20-9-21-17(15)23/h9-14,18,24,26H,6-8H2,1-5H3,(H2,19,20,21). The first kappa shape index (κ1) is 19.5. The quantitative estimate of drug-likeness (QED) is 0.747. The molecule has 8 heteroatoms. The third-order valence-electron chi connectivity index (χ3n) is 5.28. The Hall–Kier alpha value is -1.30. The molecule has 0 bridgehead atoms. The van der Waals surface area contributed by atoms with Crippen molar-refractivity contribution in [2.45, 2.75) is 52.3 Å². The summed E-state index contributed by atoms with van der Waals surface area (Å²) in [5.41, 5.74) is 7.05. The van der Waals surface area contributed by atoms with Crippen LogP contribution < -0.4 is 5.73 Å². The van der Waals surface area contributed by atoms with Crippen LogP contribution in [-0.2, 0) is 4.74 Å². The Morgan fingerprint density at radius 1 is 1.23 bits per heavy atom. The molecule has 26 heavy (non-hydrogen) atoms. The monoisotopic (exact) mass is 381 g/mol. The van der Waals surface area contributed by atoms with E-state index < -0.39 is 19.6 Å². The first-order valence-electron chi connectivity index (χ1n) is 9.48. The second kappa shape index (κ2) is 7.37. The van der Waals surface area contributed by atoms with Crippen LogP contribution in [0.5, 0.6) is 0 Å². The number of anilines is 1. The Labute approximate surface area is 155 Å². The van der Waals surface area contributed by atoms with Crippen molar-refractivity contribution in [3.8, 4) is 0 Å². The van der Waals surface area contributed by atoms with Crippen LogP contribution in [-0.4, -0.2) is 55.6 Å². The van der Waals surface area contributed by atoms with Gasteiger partial charge in [0.05, 0.1) is 0 Å². The van der Waals surface area contributed by atoms with E-state index in [0.29, 0.717) is 35.2 Å². The number of ether oxygens (including phenoxy) is 1. The zero-order valence-electron chi connectivity index (χ0n) is 16.4. The van der Waals surface area contributed by atoms with Crippen LogP contribution in [0.4, 0.5) is 5.82 Å².